The lowest BCUT2D eigenvalue weighted by molar-refractivity contribution is 0.0224. The normalized spacial score (nSPS) is 20.6. The van der Waals surface area contributed by atoms with Gasteiger partial charge in [-0.25, -0.2) is 15.0 Å². The highest BCUT2D eigenvalue weighted by Gasteiger charge is 2.51. The van der Waals surface area contributed by atoms with Crippen LogP contribution < -0.4 is 0 Å². The Morgan fingerprint density at radius 2 is 1.23 bits per heavy atom. The number of aromatic nitrogens is 3. The molecule has 1 aliphatic heterocycles. The summed E-state index contributed by atoms with van der Waals surface area (Å²) < 4.78 is 9.48. The van der Waals surface area contributed by atoms with Gasteiger partial charge in [0.05, 0.1) is 11.7 Å². The van der Waals surface area contributed by atoms with Gasteiger partial charge in [-0.3, -0.25) is 0 Å². The van der Waals surface area contributed by atoms with Crippen LogP contribution in [-0.4, -0.2) is 21.1 Å². The molecule has 0 N–H and O–H groups in total. The molecule has 0 spiro atoms. The molecule has 268 valence electrons. The third-order valence-electron chi connectivity index (χ3n) is 11.9. The molecule has 4 nitrogen and oxygen atoms in total. The number of rotatable bonds is 6. The highest BCUT2D eigenvalue weighted by molar-refractivity contribution is 7.26. The predicted molar refractivity (Wildman–Crippen MR) is 233 cm³/mol. The summed E-state index contributed by atoms with van der Waals surface area (Å²) in [6.45, 7) is 2.15. The lowest BCUT2D eigenvalue weighted by atomic mass is 9.60. The lowest BCUT2D eigenvalue weighted by Gasteiger charge is -2.48. The third-order valence-corrected chi connectivity index (χ3v) is 13.1. The number of hydrogen-bond donors (Lipinski definition) is 0. The Hall–Kier alpha value is -6.43. The summed E-state index contributed by atoms with van der Waals surface area (Å²) in [7, 11) is 0. The van der Waals surface area contributed by atoms with Crippen LogP contribution in [0.1, 0.15) is 30.7 Å². The minimum Gasteiger partial charge on any atom is -0.490 e. The summed E-state index contributed by atoms with van der Waals surface area (Å²) in [6, 6.07) is 49.9. The van der Waals surface area contributed by atoms with Crippen molar-refractivity contribution in [3.63, 3.8) is 0 Å². The average molecular weight is 740 g/mol. The van der Waals surface area contributed by atoms with Crippen LogP contribution in [0.25, 0.3) is 75.3 Å². The first-order chi connectivity index (χ1) is 27.7. The van der Waals surface area contributed by atoms with Gasteiger partial charge in [-0.1, -0.05) is 153 Å². The van der Waals surface area contributed by atoms with Crippen molar-refractivity contribution >= 4 is 63.8 Å². The SMILES string of the molecule is CC/C1=C\C=C/[C@@H](c2nc(-c3ccccc3)nc(-c3ccc4c5ccccc5c5ccccc5c4c3)n2)C2(Cc3cccc4c3sc3ccccc34)C=CC2O1. The molecule has 7 aromatic carbocycles. The second kappa shape index (κ2) is 13.1. The van der Waals surface area contributed by atoms with Crippen molar-refractivity contribution in [1.82, 2.24) is 15.0 Å². The van der Waals surface area contributed by atoms with E-state index in [1.165, 1.54) is 58.1 Å². The van der Waals surface area contributed by atoms with Gasteiger partial charge in [-0.2, -0.15) is 0 Å². The van der Waals surface area contributed by atoms with Crippen molar-refractivity contribution in [2.45, 2.75) is 31.8 Å². The molecule has 0 radical (unpaired) electrons. The molecule has 11 rings (SSSR count). The van der Waals surface area contributed by atoms with Crippen molar-refractivity contribution in [1.29, 1.82) is 0 Å². The number of thiophene rings is 1. The van der Waals surface area contributed by atoms with E-state index < -0.39 is 5.41 Å². The average Bonchev–Trinajstić information content (AvgIpc) is 3.64. The van der Waals surface area contributed by atoms with E-state index in [2.05, 4.69) is 159 Å². The van der Waals surface area contributed by atoms with E-state index in [1.807, 2.05) is 29.5 Å². The maximum atomic E-state index is 6.85. The Bertz CT molecular complexity index is 3070. The number of benzene rings is 7. The van der Waals surface area contributed by atoms with E-state index >= 15 is 0 Å². The molecule has 1 aliphatic carbocycles. The van der Waals surface area contributed by atoms with E-state index in [0.29, 0.717) is 11.6 Å². The zero-order valence-corrected chi connectivity index (χ0v) is 31.7. The molecule has 9 aromatic rings. The molecule has 5 heteroatoms. The molecule has 2 unspecified atom stereocenters. The predicted octanol–water partition coefficient (Wildman–Crippen LogP) is 13.2. The van der Waals surface area contributed by atoms with E-state index in [9.17, 15) is 0 Å². The van der Waals surface area contributed by atoms with Crippen LogP contribution in [0.2, 0.25) is 0 Å². The van der Waals surface area contributed by atoms with Gasteiger partial charge in [0.25, 0.3) is 0 Å². The van der Waals surface area contributed by atoms with Crippen molar-refractivity contribution in [2.24, 2.45) is 5.41 Å². The molecule has 56 heavy (non-hydrogen) atoms. The quantitative estimate of drug-likeness (QED) is 0.126. The van der Waals surface area contributed by atoms with Crippen LogP contribution in [0, 0.1) is 5.41 Å². The fraction of sp³-hybridized carbons (Fsp3) is 0.118. The van der Waals surface area contributed by atoms with Crippen LogP contribution in [0.15, 0.2) is 176 Å². The highest BCUT2D eigenvalue weighted by atomic mass is 32.1. The first-order valence-corrected chi connectivity index (χ1v) is 20.3. The summed E-state index contributed by atoms with van der Waals surface area (Å²) in [4.78, 5) is 16.0. The number of hydrogen-bond acceptors (Lipinski definition) is 5. The lowest BCUT2D eigenvalue weighted by Crippen LogP contribution is -2.47. The number of allylic oxidation sites excluding steroid dienone is 4. The summed E-state index contributed by atoms with van der Waals surface area (Å²) in [5, 5.41) is 9.98. The molecule has 0 fully saturated rings. The van der Waals surface area contributed by atoms with Crippen LogP contribution in [0.4, 0.5) is 0 Å². The number of fused-ring (bicyclic) bond motifs is 10. The minimum absolute atomic E-state index is 0.144. The fourth-order valence-electron chi connectivity index (χ4n) is 9.00. The molecule has 0 saturated heterocycles. The zero-order chi connectivity index (χ0) is 37.2. The highest BCUT2D eigenvalue weighted by Crippen LogP contribution is 2.53. The first-order valence-electron chi connectivity index (χ1n) is 19.4. The summed E-state index contributed by atoms with van der Waals surface area (Å²) in [5.74, 6) is 2.86. The summed E-state index contributed by atoms with van der Waals surface area (Å²) in [6.07, 6.45) is 12.6. The van der Waals surface area contributed by atoms with Gasteiger partial charge in [-0.15, -0.1) is 11.3 Å². The molecule has 2 aliphatic rings. The Kier molecular flexibility index (Phi) is 7.71. The standard InChI is InChI=1S/C51H37N3OS/c1-2-35-17-13-24-44(51(29-28-46(51)55-35)31-34-16-12-23-42-41-22-10-11-25-45(41)56-47(34)42)50-53-48(32-14-4-3-5-15-32)52-49(54-50)33-26-27-40-38-20-7-6-18-36(38)37-19-8-9-21-39(37)43(40)30-33/h3-30,44,46H,2,31H2,1H3/b24-13-,35-17+/t44-,46?,51?/m0/s1. The molecular formula is C51H37N3OS. The van der Waals surface area contributed by atoms with Gasteiger partial charge in [0.15, 0.2) is 11.6 Å². The smallest absolute Gasteiger partial charge is 0.163 e. The fourth-order valence-corrected chi connectivity index (χ4v) is 10.2. The van der Waals surface area contributed by atoms with Crippen LogP contribution in [0.3, 0.4) is 0 Å². The topological polar surface area (TPSA) is 47.9 Å². The molecular weight excluding hydrogens is 703 g/mol. The van der Waals surface area contributed by atoms with Crippen LogP contribution in [0.5, 0.6) is 0 Å². The molecule has 3 heterocycles. The Balaban J connectivity index is 1.12. The van der Waals surface area contributed by atoms with Gasteiger partial charge in [-0.05, 0) is 68.6 Å². The van der Waals surface area contributed by atoms with E-state index in [-0.39, 0.29) is 12.0 Å². The second-order valence-electron chi connectivity index (χ2n) is 15.0. The Labute approximate surface area is 329 Å². The van der Waals surface area contributed by atoms with Gasteiger partial charge < -0.3 is 4.74 Å². The second-order valence-corrected chi connectivity index (χ2v) is 16.0. The van der Waals surface area contributed by atoms with E-state index in [1.54, 1.807) is 0 Å². The molecule has 3 atom stereocenters. The van der Waals surface area contributed by atoms with Crippen LogP contribution in [-0.2, 0) is 11.2 Å². The maximum absolute atomic E-state index is 6.85. The van der Waals surface area contributed by atoms with E-state index in [4.69, 9.17) is 19.7 Å². The van der Waals surface area contributed by atoms with Gasteiger partial charge >= 0.3 is 0 Å². The Morgan fingerprint density at radius 1 is 0.589 bits per heavy atom. The first kappa shape index (κ1) is 33.0. The van der Waals surface area contributed by atoms with Crippen molar-refractivity contribution in [2.75, 3.05) is 0 Å². The van der Waals surface area contributed by atoms with Gasteiger partial charge in [0.2, 0.25) is 0 Å². The third kappa shape index (κ3) is 5.22. The maximum Gasteiger partial charge on any atom is 0.163 e. The van der Waals surface area contributed by atoms with Crippen molar-refractivity contribution in [3.8, 4) is 22.8 Å². The molecule has 2 aromatic heterocycles. The zero-order valence-electron chi connectivity index (χ0n) is 30.9. The number of nitrogens with zero attached hydrogens (tertiary/aromatic N) is 3. The van der Waals surface area contributed by atoms with Gasteiger partial charge in [0, 0.05) is 43.1 Å². The number of ether oxygens (including phenoxy) is 1. The molecule has 0 amide bonds. The van der Waals surface area contributed by atoms with Crippen molar-refractivity contribution < 1.29 is 4.74 Å². The summed E-state index contributed by atoms with van der Waals surface area (Å²) in [5.41, 5.74) is 2.80. The largest absolute Gasteiger partial charge is 0.490 e. The van der Waals surface area contributed by atoms with Gasteiger partial charge in [0.1, 0.15) is 11.9 Å². The summed E-state index contributed by atoms with van der Waals surface area (Å²) >= 11 is 1.88. The van der Waals surface area contributed by atoms with Crippen molar-refractivity contribution in [3.05, 3.63) is 187 Å². The Morgan fingerprint density at radius 3 is 1.95 bits per heavy atom. The molecule has 0 saturated carbocycles. The minimum atomic E-state index is -0.430. The molecule has 0 bridgehead atoms. The monoisotopic (exact) mass is 739 g/mol. The van der Waals surface area contributed by atoms with Crippen LogP contribution >= 0.6 is 11.3 Å². The van der Waals surface area contributed by atoms with E-state index in [0.717, 1.165) is 35.6 Å².